The van der Waals surface area contributed by atoms with Crippen LogP contribution in [-0.4, -0.2) is 25.6 Å². The van der Waals surface area contributed by atoms with Gasteiger partial charge < -0.3 is 21.1 Å². The van der Waals surface area contributed by atoms with Crippen molar-refractivity contribution >= 4 is 11.6 Å². The van der Waals surface area contributed by atoms with Crippen LogP contribution in [0, 0.1) is 5.41 Å². The van der Waals surface area contributed by atoms with Crippen molar-refractivity contribution in [2.45, 2.75) is 20.4 Å². The minimum absolute atomic E-state index is 0.0387. The number of benzene rings is 1. The number of carbonyl (C=O) groups is 1. The normalized spacial score (nSPS) is 15.2. The molecular formula is C14H21N3O2. The molecule has 0 radical (unpaired) electrons. The number of ether oxygens (including phenoxy) is 1. The zero-order valence-electron chi connectivity index (χ0n) is 11.5. The van der Waals surface area contributed by atoms with E-state index in [0.717, 1.165) is 17.0 Å². The van der Waals surface area contributed by atoms with E-state index in [-0.39, 0.29) is 17.9 Å². The van der Waals surface area contributed by atoms with Crippen LogP contribution in [-0.2, 0) is 11.3 Å². The second-order valence-electron chi connectivity index (χ2n) is 5.64. The molecule has 1 aliphatic heterocycles. The van der Waals surface area contributed by atoms with Gasteiger partial charge in [-0.25, -0.2) is 0 Å². The van der Waals surface area contributed by atoms with E-state index >= 15 is 0 Å². The van der Waals surface area contributed by atoms with Gasteiger partial charge in [-0.3, -0.25) is 4.79 Å². The molecule has 0 saturated carbocycles. The first-order valence-electron chi connectivity index (χ1n) is 6.43. The second-order valence-corrected chi connectivity index (χ2v) is 5.64. The summed E-state index contributed by atoms with van der Waals surface area (Å²) in [7, 11) is 0. The van der Waals surface area contributed by atoms with E-state index in [1.807, 2.05) is 32.0 Å². The van der Waals surface area contributed by atoms with Gasteiger partial charge in [-0.05, 0) is 29.7 Å². The Morgan fingerprint density at radius 1 is 1.37 bits per heavy atom. The third-order valence-electron chi connectivity index (χ3n) is 3.34. The lowest BCUT2D eigenvalue weighted by atomic mass is 9.92. The number of hydrogen-bond donors (Lipinski definition) is 2. The molecule has 0 spiro atoms. The minimum Gasteiger partial charge on any atom is -0.482 e. The van der Waals surface area contributed by atoms with Crippen LogP contribution in [0.25, 0.3) is 0 Å². The van der Waals surface area contributed by atoms with Gasteiger partial charge in [0.1, 0.15) is 5.75 Å². The fourth-order valence-corrected chi connectivity index (χ4v) is 2.04. The SMILES string of the molecule is CC(C)(CN)CN1C(=O)COc2ccc(CN)cc21. The van der Waals surface area contributed by atoms with Crippen molar-refractivity contribution in [1.82, 2.24) is 0 Å². The van der Waals surface area contributed by atoms with Crippen molar-refractivity contribution in [2.75, 3.05) is 24.6 Å². The lowest BCUT2D eigenvalue weighted by Crippen LogP contribution is -2.46. The van der Waals surface area contributed by atoms with Gasteiger partial charge in [0, 0.05) is 13.1 Å². The van der Waals surface area contributed by atoms with Crippen LogP contribution >= 0.6 is 0 Å². The summed E-state index contributed by atoms with van der Waals surface area (Å²) >= 11 is 0. The average Bonchev–Trinajstić information content (AvgIpc) is 2.41. The number of fused-ring (bicyclic) bond motifs is 1. The minimum atomic E-state index is -0.136. The molecule has 4 N–H and O–H groups in total. The largest absolute Gasteiger partial charge is 0.482 e. The number of amides is 1. The predicted octanol–water partition coefficient (Wildman–Crippen LogP) is 0.856. The monoisotopic (exact) mass is 263 g/mol. The Morgan fingerprint density at radius 3 is 2.74 bits per heavy atom. The van der Waals surface area contributed by atoms with Gasteiger partial charge in [-0.15, -0.1) is 0 Å². The molecular weight excluding hydrogens is 242 g/mol. The molecule has 0 aliphatic carbocycles. The Morgan fingerprint density at radius 2 is 2.11 bits per heavy atom. The van der Waals surface area contributed by atoms with Gasteiger partial charge in [0.05, 0.1) is 5.69 Å². The zero-order chi connectivity index (χ0) is 14.0. The van der Waals surface area contributed by atoms with Crippen LogP contribution in [0.4, 0.5) is 5.69 Å². The molecule has 5 nitrogen and oxygen atoms in total. The van der Waals surface area contributed by atoms with Crippen LogP contribution in [0.5, 0.6) is 5.75 Å². The van der Waals surface area contributed by atoms with Crippen molar-refractivity contribution < 1.29 is 9.53 Å². The summed E-state index contributed by atoms with van der Waals surface area (Å²) in [5.74, 6) is 0.688. The summed E-state index contributed by atoms with van der Waals surface area (Å²) in [4.78, 5) is 13.8. The van der Waals surface area contributed by atoms with E-state index in [2.05, 4.69) is 0 Å². The standard InChI is InChI=1S/C14H21N3O2/c1-14(2,8-16)9-17-11-5-10(6-15)3-4-12(11)19-7-13(17)18/h3-5H,6-9,15-16H2,1-2H3. The quantitative estimate of drug-likeness (QED) is 0.844. The highest BCUT2D eigenvalue weighted by Gasteiger charge is 2.30. The molecule has 0 bridgehead atoms. The number of hydrogen-bond acceptors (Lipinski definition) is 4. The molecule has 0 saturated heterocycles. The van der Waals surface area contributed by atoms with Gasteiger partial charge in [0.15, 0.2) is 6.61 Å². The molecule has 1 aromatic carbocycles. The highest BCUT2D eigenvalue weighted by Crippen LogP contribution is 2.34. The van der Waals surface area contributed by atoms with Crippen molar-refractivity contribution in [2.24, 2.45) is 16.9 Å². The van der Waals surface area contributed by atoms with E-state index in [9.17, 15) is 4.79 Å². The molecule has 1 heterocycles. The number of nitrogens with zero attached hydrogens (tertiary/aromatic N) is 1. The van der Waals surface area contributed by atoms with Crippen LogP contribution in [0.3, 0.4) is 0 Å². The molecule has 2 rings (SSSR count). The molecule has 1 aromatic rings. The molecule has 19 heavy (non-hydrogen) atoms. The van der Waals surface area contributed by atoms with Gasteiger partial charge in [-0.1, -0.05) is 19.9 Å². The van der Waals surface area contributed by atoms with Gasteiger partial charge in [0.25, 0.3) is 5.91 Å². The van der Waals surface area contributed by atoms with Crippen molar-refractivity contribution in [1.29, 1.82) is 0 Å². The van der Waals surface area contributed by atoms with E-state index in [0.29, 0.717) is 19.6 Å². The Labute approximate surface area is 113 Å². The summed E-state index contributed by atoms with van der Waals surface area (Å²) in [6.07, 6.45) is 0. The third-order valence-corrected chi connectivity index (χ3v) is 3.34. The summed E-state index contributed by atoms with van der Waals surface area (Å²) in [5, 5.41) is 0. The van der Waals surface area contributed by atoms with Crippen LogP contribution in [0.1, 0.15) is 19.4 Å². The summed E-state index contributed by atoms with van der Waals surface area (Å²) < 4.78 is 5.45. The summed E-state index contributed by atoms with van der Waals surface area (Å²) in [5.41, 5.74) is 13.0. The lowest BCUT2D eigenvalue weighted by molar-refractivity contribution is -0.121. The third kappa shape index (κ3) is 2.88. The highest BCUT2D eigenvalue weighted by molar-refractivity contribution is 5.98. The van der Waals surface area contributed by atoms with Crippen molar-refractivity contribution in [3.8, 4) is 5.75 Å². The van der Waals surface area contributed by atoms with Gasteiger partial charge in [0.2, 0.25) is 0 Å². The van der Waals surface area contributed by atoms with Gasteiger partial charge >= 0.3 is 0 Å². The first kappa shape index (κ1) is 13.8. The first-order chi connectivity index (χ1) is 8.96. The molecule has 1 amide bonds. The van der Waals surface area contributed by atoms with Crippen LogP contribution in [0.2, 0.25) is 0 Å². The Bertz CT molecular complexity index is 486. The number of nitrogens with two attached hydrogens (primary N) is 2. The average molecular weight is 263 g/mol. The first-order valence-corrected chi connectivity index (χ1v) is 6.43. The van der Waals surface area contributed by atoms with E-state index < -0.39 is 0 Å². The summed E-state index contributed by atoms with van der Waals surface area (Å²) in [6.45, 7) is 5.70. The van der Waals surface area contributed by atoms with E-state index in [1.54, 1.807) is 4.90 Å². The van der Waals surface area contributed by atoms with Gasteiger partial charge in [-0.2, -0.15) is 0 Å². The maximum absolute atomic E-state index is 12.1. The number of rotatable bonds is 4. The predicted molar refractivity (Wildman–Crippen MR) is 75.0 cm³/mol. The molecule has 0 fully saturated rings. The molecule has 0 atom stereocenters. The van der Waals surface area contributed by atoms with E-state index in [1.165, 1.54) is 0 Å². The Hall–Kier alpha value is -1.59. The van der Waals surface area contributed by atoms with Crippen molar-refractivity contribution in [3.05, 3.63) is 23.8 Å². The molecule has 1 aliphatic rings. The zero-order valence-corrected chi connectivity index (χ0v) is 11.5. The molecule has 5 heteroatoms. The highest BCUT2D eigenvalue weighted by atomic mass is 16.5. The maximum Gasteiger partial charge on any atom is 0.265 e. The fourth-order valence-electron chi connectivity index (χ4n) is 2.04. The lowest BCUT2D eigenvalue weighted by Gasteiger charge is -2.35. The Kier molecular flexibility index (Phi) is 3.78. The number of carbonyl (C=O) groups excluding carboxylic acids is 1. The van der Waals surface area contributed by atoms with Crippen molar-refractivity contribution in [3.63, 3.8) is 0 Å². The van der Waals surface area contributed by atoms with Crippen LogP contribution < -0.4 is 21.1 Å². The Balaban J connectivity index is 2.36. The molecule has 0 aromatic heterocycles. The maximum atomic E-state index is 12.1. The second kappa shape index (κ2) is 5.19. The topological polar surface area (TPSA) is 81.6 Å². The molecule has 104 valence electrons. The fraction of sp³-hybridized carbons (Fsp3) is 0.500. The number of anilines is 1. The van der Waals surface area contributed by atoms with E-state index in [4.69, 9.17) is 16.2 Å². The smallest absolute Gasteiger partial charge is 0.265 e. The summed E-state index contributed by atoms with van der Waals surface area (Å²) in [6, 6.07) is 5.70. The molecule has 0 unspecified atom stereocenters. The van der Waals surface area contributed by atoms with Crippen LogP contribution in [0.15, 0.2) is 18.2 Å².